The first-order chi connectivity index (χ1) is 16.1. The summed E-state index contributed by atoms with van der Waals surface area (Å²) < 4.78 is 0. The maximum absolute atomic E-state index is 9.38. The SMILES string of the molecule is C=C/C=C(\C=C)c1ccc(-c2nc(-c3ccccc3)nc(-c3ccc(B(O)O)cc3)n2)cc1. The average molecular weight is 431 g/mol. The monoisotopic (exact) mass is 431 g/mol. The molecule has 0 bridgehead atoms. The molecule has 160 valence electrons. The minimum absolute atomic E-state index is 0.400. The van der Waals surface area contributed by atoms with Gasteiger partial charge in [0.2, 0.25) is 0 Å². The maximum Gasteiger partial charge on any atom is 0.488 e. The van der Waals surface area contributed by atoms with Gasteiger partial charge in [-0.05, 0) is 16.6 Å². The fourth-order valence-corrected chi connectivity index (χ4v) is 3.38. The van der Waals surface area contributed by atoms with Crippen LogP contribution in [0, 0.1) is 0 Å². The number of nitrogens with zero attached hydrogens (tertiary/aromatic N) is 3. The van der Waals surface area contributed by atoms with Crippen molar-refractivity contribution >= 4 is 18.2 Å². The van der Waals surface area contributed by atoms with Crippen LogP contribution in [-0.2, 0) is 0 Å². The molecule has 0 aliphatic carbocycles. The molecule has 6 heteroatoms. The predicted molar refractivity (Wildman–Crippen MR) is 134 cm³/mol. The molecule has 4 aromatic rings. The number of aromatic nitrogens is 3. The van der Waals surface area contributed by atoms with E-state index in [1.54, 1.807) is 36.4 Å². The lowest BCUT2D eigenvalue weighted by molar-refractivity contribution is 0.426. The van der Waals surface area contributed by atoms with Crippen molar-refractivity contribution in [2.75, 3.05) is 0 Å². The summed E-state index contributed by atoms with van der Waals surface area (Å²) in [5, 5.41) is 18.8. The summed E-state index contributed by atoms with van der Waals surface area (Å²) in [4.78, 5) is 14.1. The van der Waals surface area contributed by atoms with Gasteiger partial charge in [0.25, 0.3) is 0 Å². The van der Waals surface area contributed by atoms with Gasteiger partial charge in [-0.3, -0.25) is 0 Å². The van der Waals surface area contributed by atoms with Crippen LogP contribution in [0.25, 0.3) is 39.7 Å². The van der Waals surface area contributed by atoms with Gasteiger partial charge in [-0.2, -0.15) is 0 Å². The molecule has 0 radical (unpaired) electrons. The Morgan fingerprint density at radius 2 is 1.15 bits per heavy atom. The van der Waals surface area contributed by atoms with E-state index in [0.717, 1.165) is 27.8 Å². The molecular weight excluding hydrogens is 409 g/mol. The van der Waals surface area contributed by atoms with E-state index in [0.29, 0.717) is 22.9 Å². The van der Waals surface area contributed by atoms with Crippen LogP contribution in [-0.4, -0.2) is 32.1 Å². The maximum atomic E-state index is 9.38. The van der Waals surface area contributed by atoms with Gasteiger partial charge in [-0.25, -0.2) is 15.0 Å². The van der Waals surface area contributed by atoms with E-state index in [1.807, 2.05) is 60.7 Å². The molecule has 33 heavy (non-hydrogen) atoms. The molecule has 2 N–H and O–H groups in total. The van der Waals surface area contributed by atoms with Crippen molar-refractivity contribution in [3.63, 3.8) is 0 Å². The molecule has 0 aliphatic heterocycles. The van der Waals surface area contributed by atoms with Crippen LogP contribution >= 0.6 is 0 Å². The minimum Gasteiger partial charge on any atom is -0.423 e. The molecular formula is C27H22BN3O2. The van der Waals surface area contributed by atoms with Crippen molar-refractivity contribution in [1.82, 2.24) is 15.0 Å². The molecule has 5 nitrogen and oxygen atoms in total. The minimum atomic E-state index is -1.53. The molecule has 3 aromatic carbocycles. The number of hydrogen-bond donors (Lipinski definition) is 2. The summed E-state index contributed by atoms with van der Waals surface area (Å²) in [6.45, 7) is 7.62. The fourth-order valence-electron chi connectivity index (χ4n) is 3.38. The largest absolute Gasteiger partial charge is 0.488 e. The Balaban J connectivity index is 1.81. The summed E-state index contributed by atoms with van der Waals surface area (Å²) in [7, 11) is -1.53. The van der Waals surface area contributed by atoms with Crippen molar-refractivity contribution in [3.05, 3.63) is 116 Å². The fraction of sp³-hybridized carbons (Fsp3) is 0. The third-order valence-corrected chi connectivity index (χ3v) is 5.13. The highest BCUT2D eigenvalue weighted by atomic mass is 16.4. The highest BCUT2D eigenvalue weighted by Gasteiger charge is 2.14. The van der Waals surface area contributed by atoms with Crippen LogP contribution in [0.3, 0.4) is 0 Å². The molecule has 0 atom stereocenters. The van der Waals surface area contributed by atoms with E-state index in [-0.39, 0.29) is 0 Å². The van der Waals surface area contributed by atoms with Crippen molar-refractivity contribution in [1.29, 1.82) is 0 Å². The summed E-state index contributed by atoms with van der Waals surface area (Å²) in [5.74, 6) is 1.61. The second kappa shape index (κ2) is 10.00. The molecule has 0 saturated carbocycles. The molecule has 4 rings (SSSR count). The van der Waals surface area contributed by atoms with E-state index in [1.165, 1.54) is 0 Å². The summed E-state index contributed by atoms with van der Waals surface area (Å²) in [6.07, 6.45) is 5.43. The first-order valence-electron chi connectivity index (χ1n) is 10.4. The van der Waals surface area contributed by atoms with E-state index in [9.17, 15) is 10.0 Å². The van der Waals surface area contributed by atoms with Gasteiger partial charge in [0.15, 0.2) is 17.5 Å². The molecule has 0 unspecified atom stereocenters. The van der Waals surface area contributed by atoms with Crippen molar-refractivity contribution in [3.8, 4) is 34.2 Å². The lowest BCUT2D eigenvalue weighted by atomic mass is 9.80. The van der Waals surface area contributed by atoms with Gasteiger partial charge >= 0.3 is 7.12 Å². The molecule has 0 spiro atoms. The normalized spacial score (nSPS) is 11.2. The van der Waals surface area contributed by atoms with Crippen LogP contribution in [0.4, 0.5) is 0 Å². The van der Waals surface area contributed by atoms with Crippen molar-refractivity contribution in [2.24, 2.45) is 0 Å². The molecule has 0 saturated heterocycles. The van der Waals surface area contributed by atoms with Gasteiger partial charge < -0.3 is 10.0 Å². The third-order valence-electron chi connectivity index (χ3n) is 5.13. The molecule has 0 amide bonds. The van der Waals surface area contributed by atoms with Gasteiger partial charge in [0.1, 0.15) is 0 Å². The smallest absolute Gasteiger partial charge is 0.423 e. The van der Waals surface area contributed by atoms with E-state index >= 15 is 0 Å². The zero-order chi connectivity index (χ0) is 23.2. The summed E-state index contributed by atoms with van der Waals surface area (Å²) in [6, 6.07) is 24.5. The Bertz CT molecular complexity index is 1300. The first kappa shape index (κ1) is 22.1. The Morgan fingerprint density at radius 3 is 1.61 bits per heavy atom. The second-order valence-corrected chi connectivity index (χ2v) is 7.31. The van der Waals surface area contributed by atoms with E-state index in [4.69, 9.17) is 9.97 Å². The van der Waals surface area contributed by atoms with Crippen molar-refractivity contribution < 1.29 is 10.0 Å². The van der Waals surface area contributed by atoms with Crippen LogP contribution in [0.2, 0.25) is 0 Å². The van der Waals surface area contributed by atoms with Gasteiger partial charge in [-0.1, -0.05) is 110 Å². The Hall–Kier alpha value is -4.13. The second-order valence-electron chi connectivity index (χ2n) is 7.31. The lowest BCUT2D eigenvalue weighted by Crippen LogP contribution is -2.29. The first-order valence-corrected chi connectivity index (χ1v) is 10.4. The molecule has 1 aromatic heterocycles. The highest BCUT2D eigenvalue weighted by molar-refractivity contribution is 6.58. The molecule has 0 aliphatic rings. The number of rotatable bonds is 7. The van der Waals surface area contributed by atoms with E-state index < -0.39 is 7.12 Å². The molecule has 0 fully saturated rings. The zero-order valence-electron chi connectivity index (χ0n) is 18.0. The van der Waals surface area contributed by atoms with Gasteiger partial charge in [0, 0.05) is 16.7 Å². The number of allylic oxidation sites excluding steroid dienone is 4. The predicted octanol–water partition coefficient (Wildman–Crippen LogP) is 4.31. The highest BCUT2D eigenvalue weighted by Crippen LogP contribution is 2.26. The van der Waals surface area contributed by atoms with Crippen LogP contribution in [0.1, 0.15) is 5.56 Å². The summed E-state index contributed by atoms with van der Waals surface area (Å²) in [5.41, 5.74) is 4.87. The topological polar surface area (TPSA) is 79.1 Å². The summed E-state index contributed by atoms with van der Waals surface area (Å²) >= 11 is 0. The standard InChI is InChI=1S/C27H22BN3O2/c1-3-8-19(4-2)20-11-13-22(14-12-20)26-29-25(21-9-6-5-7-10-21)30-27(31-26)23-15-17-24(18-16-23)28(32)33/h3-18,32-33H,1-2H2/b19-8+. The van der Waals surface area contributed by atoms with Gasteiger partial charge in [-0.15, -0.1) is 0 Å². The number of hydrogen-bond acceptors (Lipinski definition) is 5. The molecule has 1 heterocycles. The average Bonchev–Trinajstić information content (AvgIpc) is 2.87. The van der Waals surface area contributed by atoms with Crippen molar-refractivity contribution in [2.45, 2.75) is 0 Å². The van der Waals surface area contributed by atoms with Crippen LogP contribution in [0.5, 0.6) is 0 Å². The van der Waals surface area contributed by atoms with Gasteiger partial charge in [0.05, 0.1) is 0 Å². The van der Waals surface area contributed by atoms with Crippen LogP contribution < -0.4 is 5.46 Å². The lowest BCUT2D eigenvalue weighted by Gasteiger charge is -2.09. The van der Waals surface area contributed by atoms with E-state index in [2.05, 4.69) is 18.1 Å². The number of benzene rings is 3. The third kappa shape index (κ3) is 5.04. The quantitative estimate of drug-likeness (QED) is 0.337. The Labute approximate surface area is 193 Å². The van der Waals surface area contributed by atoms with Crippen LogP contribution in [0.15, 0.2) is 110 Å². The Kier molecular flexibility index (Phi) is 6.69. The zero-order valence-corrected chi connectivity index (χ0v) is 18.0. The Morgan fingerprint density at radius 1 is 0.667 bits per heavy atom.